The number of hydrogen-bond donors (Lipinski definition) is 1. The molecule has 1 heterocycles. The molecule has 2 rings (SSSR count). The Bertz CT molecular complexity index is 625. The van der Waals surface area contributed by atoms with Crippen LogP contribution in [0.4, 0.5) is 0 Å². The summed E-state index contributed by atoms with van der Waals surface area (Å²) in [5.74, 6) is -1.11. The molecule has 2 aromatic rings. The van der Waals surface area contributed by atoms with Gasteiger partial charge in [-0.3, -0.25) is 9.59 Å². The number of carbonyl (C=O) groups is 2. The van der Waals surface area contributed by atoms with Crippen molar-refractivity contribution in [1.29, 1.82) is 0 Å². The zero-order chi connectivity index (χ0) is 15.2. The minimum absolute atomic E-state index is 0.0671. The quantitative estimate of drug-likeness (QED) is 0.863. The van der Waals surface area contributed by atoms with E-state index in [1.54, 1.807) is 29.2 Å². The van der Waals surface area contributed by atoms with E-state index in [1.165, 1.54) is 11.2 Å². The SMILES string of the molecule is CCN(CCC(=O)O)C(=O)c1cccc(-n2cncn2)c1. The van der Waals surface area contributed by atoms with Crippen molar-refractivity contribution < 1.29 is 14.7 Å². The van der Waals surface area contributed by atoms with Crippen molar-refractivity contribution in [2.75, 3.05) is 13.1 Å². The first-order valence-corrected chi connectivity index (χ1v) is 6.58. The summed E-state index contributed by atoms with van der Waals surface area (Å²) in [6, 6.07) is 6.99. The molecule has 0 fully saturated rings. The third kappa shape index (κ3) is 3.65. The molecule has 21 heavy (non-hydrogen) atoms. The lowest BCUT2D eigenvalue weighted by atomic mass is 10.1. The van der Waals surface area contributed by atoms with Crippen molar-refractivity contribution in [1.82, 2.24) is 19.7 Å². The average molecular weight is 288 g/mol. The van der Waals surface area contributed by atoms with Gasteiger partial charge in [0.15, 0.2) is 0 Å². The van der Waals surface area contributed by atoms with E-state index in [-0.39, 0.29) is 18.9 Å². The number of aliphatic carboxylic acids is 1. The van der Waals surface area contributed by atoms with Crippen LogP contribution in [0.5, 0.6) is 0 Å². The smallest absolute Gasteiger partial charge is 0.305 e. The normalized spacial score (nSPS) is 10.3. The molecule has 7 nitrogen and oxygen atoms in total. The number of hydrogen-bond acceptors (Lipinski definition) is 4. The first-order valence-electron chi connectivity index (χ1n) is 6.58. The van der Waals surface area contributed by atoms with Gasteiger partial charge < -0.3 is 10.0 Å². The molecule has 0 saturated carbocycles. The minimum atomic E-state index is -0.919. The standard InChI is InChI=1S/C14H16N4O3/c1-2-17(7-6-13(19)20)14(21)11-4-3-5-12(8-11)18-10-15-9-16-18/h3-5,8-10H,2,6-7H2,1H3,(H,19,20). The molecule has 0 unspecified atom stereocenters. The lowest BCUT2D eigenvalue weighted by molar-refractivity contribution is -0.137. The van der Waals surface area contributed by atoms with Gasteiger partial charge in [-0.15, -0.1) is 0 Å². The lowest BCUT2D eigenvalue weighted by Gasteiger charge is -2.20. The second-order valence-corrected chi connectivity index (χ2v) is 4.42. The summed E-state index contributed by atoms with van der Waals surface area (Å²) in [5, 5.41) is 12.7. The van der Waals surface area contributed by atoms with Crippen LogP contribution >= 0.6 is 0 Å². The summed E-state index contributed by atoms with van der Waals surface area (Å²) in [7, 11) is 0. The maximum atomic E-state index is 12.4. The van der Waals surface area contributed by atoms with Gasteiger partial charge in [-0.05, 0) is 25.1 Å². The van der Waals surface area contributed by atoms with Gasteiger partial charge >= 0.3 is 5.97 Å². The molecule has 110 valence electrons. The van der Waals surface area contributed by atoms with Crippen LogP contribution in [0, 0.1) is 0 Å². The molecule has 0 saturated heterocycles. The predicted octanol–water partition coefficient (Wildman–Crippen LogP) is 1.20. The van der Waals surface area contributed by atoms with Crippen LogP contribution in [0.2, 0.25) is 0 Å². The third-order valence-electron chi connectivity index (χ3n) is 3.04. The number of amides is 1. The number of aromatic nitrogens is 3. The number of rotatable bonds is 6. The number of carboxylic acid groups (broad SMARTS) is 1. The Kier molecular flexibility index (Phi) is 4.65. The summed E-state index contributed by atoms with van der Waals surface area (Å²) in [6.45, 7) is 2.47. The molecule has 1 amide bonds. The van der Waals surface area contributed by atoms with E-state index in [0.717, 1.165) is 5.69 Å². The molecular weight excluding hydrogens is 272 g/mol. The number of nitrogens with zero attached hydrogens (tertiary/aromatic N) is 4. The van der Waals surface area contributed by atoms with Gasteiger partial charge in [-0.2, -0.15) is 5.10 Å². The van der Waals surface area contributed by atoms with E-state index >= 15 is 0 Å². The largest absolute Gasteiger partial charge is 0.481 e. The Morgan fingerprint density at radius 1 is 1.38 bits per heavy atom. The van der Waals surface area contributed by atoms with E-state index in [9.17, 15) is 9.59 Å². The van der Waals surface area contributed by atoms with Crippen LogP contribution in [0.15, 0.2) is 36.9 Å². The highest BCUT2D eigenvalue weighted by atomic mass is 16.4. The van der Waals surface area contributed by atoms with E-state index in [4.69, 9.17) is 5.11 Å². The molecule has 0 aliphatic rings. The van der Waals surface area contributed by atoms with E-state index < -0.39 is 5.97 Å². The molecular formula is C14H16N4O3. The van der Waals surface area contributed by atoms with Crippen LogP contribution in [0.1, 0.15) is 23.7 Å². The van der Waals surface area contributed by atoms with Gasteiger partial charge in [0.25, 0.3) is 5.91 Å². The Labute approximate surface area is 121 Å². The average Bonchev–Trinajstić information content (AvgIpc) is 3.02. The maximum absolute atomic E-state index is 12.4. The first-order chi connectivity index (χ1) is 10.1. The van der Waals surface area contributed by atoms with Crippen LogP contribution in [-0.4, -0.2) is 49.7 Å². The molecule has 0 radical (unpaired) electrons. The highest BCUT2D eigenvalue weighted by molar-refractivity contribution is 5.94. The van der Waals surface area contributed by atoms with Crippen molar-refractivity contribution in [3.05, 3.63) is 42.5 Å². The molecule has 0 atom stereocenters. The summed E-state index contributed by atoms with van der Waals surface area (Å²) in [4.78, 5) is 28.4. The molecule has 0 spiro atoms. The third-order valence-corrected chi connectivity index (χ3v) is 3.04. The summed E-state index contributed by atoms with van der Waals surface area (Å²) >= 11 is 0. The van der Waals surface area contributed by atoms with Gasteiger partial charge in [0.1, 0.15) is 12.7 Å². The fourth-order valence-corrected chi connectivity index (χ4v) is 1.94. The van der Waals surface area contributed by atoms with Crippen LogP contribution in [0.3, 0.4) is 0 Å². The summed E-state index contributed by atoms with van der Waals surface area (Å²) in [6.07, 6.45) is 2.90. The second-order valence-electron chi connectivity index (χ2n) is 4.42. The zero-order valence-corrected chi connectivity index (χ0v) is 11.6. The molecule has 1 N–H and O–H groups in total. The highest BCUT2D eigenvalue weighted by Gasteiger charge is 2.15. The molecule has 1 aromatic carbocycles. The van der Waals surface area contributed by atoms with E-state index in [1.807, 2.05) is 13.0 Å². The number of carboxylic acids is 1. The van der Waals surface area contributed by atoms with Gasteiger partial charge in [-0.25, -0.2) is 9.67 Å². The lowest BCUT2D eigenvalue weighted by Crippen LogP contribution is -2.32. The maximum Gasteiger partial charge on any atom is 0.305 e. The van der Waals surface area contributed by atoms with Crippen molar-refractivity contribution in [2.24, 2.45) is 0 Å². The zero-order valence-electron chi connectivity index (χ0n) is 11.6. The highest BCUT2D eigenvalue weighted by Crippen LogP contribution is 2.12. The molecule has 7 heteroatoms. The fraction of sp³-hybridized carbons (Fsp3) is 0.286. The summed E-state index contributed by atoms with van der Waals surface area (Å²) < 4.78 is 1.56. The van der Waals surface area contributed by atoms with E-state index in [0.29, 0.717) is 12.1 Å². The fourth-order valence-electron chi connectivity index (χ4n) is 1.94. The van der Waals surface area contributed by atoms with Crippen LogP contribution in [-0.2, 0) is 4.79 Å². The first kappa shape index (κ1) is 14.7. The topological polar surface area (TPSA) is 88.3 Å². The Morgan fingerprint density at radius 2 is 2.19 bits per heavy atom. The molecule has 0 aliphatic carbocycles. The molecule has 0 bridgehead atoms. The minimum Gasteiger partial charge on any atom is -0.481 e. The van der Waals surface area contributed by atoms with E-state index in [2.05, 4.69) is 10.1 Å². The number of carbonyl (C=O) groups excluding carboxylic acids is 1. The van der Waals surface area contributed by atoms with Crippen LogP contribution < -0.4 is 0 Å². The Balaban J connectivity index is 2.18. The Hall–Kier alpha value is -2.70. The van der Waals surface area contributed by atoms with Gasteiger partial charge in [0.05, 0.1) is 12.1 Å². The number of benzene rings is 1. The van der Waals surface area contributed by atoms with Crippen LogP contribution in [0.25, 0.3) is 5.69 Å². The van der Waals surface area contributed by atoms with Crippen molar-refractivity contribution in [2.45, 2.75) is 13.3 Å². The summed E-state index contributed by atoms with van der Waals surface area (Å²) in [5.41, 5.74) is 1.22. The van der Waals surface area contributed by atoms with Crippen molar-refractivity contribution in [3.8, 4) is 5.69 Å². The Morgan fingerprint density at radius 3 is 2.81 bits per heavy atom. The second kappa shape index (κ2) is 6.65. The molecule has 1 aromatic heterocycles. The van der Waals surface area contributed by atoms with Gasteiger partial charge in [-0.1, -0.05) is 6.07 Å². The molecule has 0 aliphatic heterocycles. The predicted molar refractivity (Wildman–Crippen MR) is 75.2 cm³/mol. The van der Waals surface area contributed by atoms with Crippen molar-refractivity contribution >= 4 is 11.9 Å². The van der Waals surface area contributed by atoms with Crippen molar-refractivity contribution in [3.63, 3.8) is 0 Å². The van der Waals surface area contributed by atoms with Gasteiger partial charge in [0, 0.05) is 18.7 Å². The monoisotopic (exact) mass is 288 g/mol. The van der Waals surface area contributed by atoms with Gasteiger partial charge in [0.2, 0.25) is 0 Å².